The van der Waals surface area contributed by atoms with Gasteiger partial charge in [0.1, 0.15) is 0 Å². The second kappa shape index (κ2) is 6.06. The monoisotopic (exact) mass is 305 g/mol. The van der Waals surface area contributed by atoms with Crippen LogP contribution in [0.2, 0.25) is 5.02 Å². The molecule has 1 fully saturated rings. The highest BCUT2D eigenvalue weighted by molar-refractivity contribution is 6.31. The van der Waals surface area contributed by atoms with Crippen molar-refractivity contribution >= 4 is 34.5 Å². The van der Waals surface area contributed by atoms with Gasteiger partial charge in [-0.3, -0.25) is 10.1 Å². The number of aryl methyl sites for hydroxylation is 1. The van der Waals surface area contributed by atoms with Gasteiger partial charge in [-0.2, -0.15) is 0 Å². The number of aromatic nitrogens is 2. The van der Waals surface area contributed by atoms with Crippen molar-refractivity contribution in [2.45, 2.75) is 38.5 Å². The Morgan fingerprint density at radius 1 is 1.29 bits per heavy atom. The molecule has 21 heavy (non-hydrogen) atoms. The molecule has 112 valence electrons. The fourth-order valence-electron chi connectivity index (χ4n) is 3.04. The lowest BCUT2D eigenvalue weighted by atomic mass is 10.00. The molecule has 2 aromatic rings. The van der Waals surface area contributed by atoms with Crippen LogP contribution in [0.1, 0.15) is 38.5 Å². The van der Waals surface area contributed by atoms with Crippen LogP contribution in [-0.2, 0) is 11.8 Å². The minimum Gasteiger partial charge on any atom is -0.313 e. The van der Waals surface area contributed by atoms with E-state index in [0.717, 1.165) is 36.7 Å². The number of carbonyl (C=O) groups excluding carboxylic acids is 1. The van der Waals surface area contributed by atoms with Crippen molar-refractivity contribution in [1.82, 2.24) is 9.55 Å². The summed E-state index contributed by atoms with van der Waals surface area (Å²) in [5, 5.41) is 3.64. The molecular weight excluding hydrogens is 286 g/mol. The largest absolute Gasteiger partial charge is 0.313 e. The number of anilines is 1. The van der Waals surface area contributed by atoms with Gasteiger partial charge in [-0.05, 0) is 31.0 Å². The number of hydrogen-bond acceptors (Lipinski definition) is 2. The minimum atomic E-state index is 0.0985. The summed E-state index contributed by atoms with van der Waals surface area (Å²) in [4.78, 5) is 16.9. The number of hydrogen-bond donors (Lipinski definition) is 1. The van der Waals surface area contributed by atoms with E-state index in [1.807, 2.05) is 29.8 Å². The van der Waals surface area contributed by atoms with Crippen LogP contribution in [0.15, 0.2) is 18.2 Å². The lowest BCUT2D eigenvalue weighted by molar-refractivity contribution is -0.120. The van der Waals surface area contributed by atoms with E-state index in [1.165, 1.54) is 12.8 Å². The van der Waals surface area contributed by atoms with Gasteiger partial charge < -0.3 is 4.57 Å². The number of nitrogens with one attached hydrogen (secondary N) is 1. The third-order valence-electron chi connectivity index (χ3n) is 4.30. The van der Waals surface area contributed by atoms with E-state index >= 15 is 0 Å². The van der Waals surface area contributed by atoms with Gasteiger partial charge in [0.25, 0.3) is 0 Å². The third-order valence-corrected chi connectivity index (χ3v) is 4.54. The highest BCUT2D eigenvalue weighted by atomic mass is 35.5. The van der Waals surface area contributed by atoms with Crippen molar-refractivity contribution in [3.05, 3.63) is 23.2 Å². The van der Waals surface area contributed by atoms with E-state index in [1.54, 1.807) is 0 Å². The molecule has 0 saturated heterocycles. The van der Waals surface area contributed by atoms with Crippen molar-refractivity contribution in [3.63, 3.8) is 0 Å². The van der Waals surface area contributed by atoms with E-state index in [-0.39, 0.29) is 11.8 Å². The quantitative estimate of drug-likeness (QED) is 0.848. The summed E-state index contributed by atoms with van der Waals surface area (Å²) in [7, 11) is 1.91. The lowest BCUT2D eigenvalue weighted by Gasteiger charge is -2.13. The fourth-order valence-corrected chi connectivity index (χ4v) is 3.20. The van der Waals surface area contributed by atoms with Crippen LogP contribution in [0.4, 0.5) is 5.95 Å². The van der Waals surface area contributed by atoms with Crippen molar-refractivity contribution in [2.24, 2.45) is 13.0 Å². The standard InChI is InChI=1S/C16H20ClN3O/c1-20-14-9-8-12(17)10-13(14)18-16(20)19-15(21)11-6-4-2-3-5-7-11/h8-11H,2-7H2,1H3,(H,18,19,21). The van der Waals surface area contributed by atoms with Crippen LogP contribution in [0.5, 0.6) is 0 Å². The minimum absolute atomic E-state index is 0.0985. The Hall–Kier alpha value is -1.55. The number of rotatable bonds is 2. The van der Waals surface area contributed by atoms with Gasteiger partial charge in [0.2, 0.25) is 11.9 Å². The molecule has 5 heteroatoms. The summed E-state index contributed by atoms with van der Waals surface area (Å²) in [6.45, 7) is 0. The van der Waals surface area contributed by atoms with Gasteiger partial charge in [-0.1, -0.05) is 37.3 Å². The molecule has 1 aromatic carbocycles. The predicted molar refractivity (Wildman–Crippen MR) is 85.5 cm³/mol. The van der Waals surface area contributed by atoms with Crippen LogP contribution < -0.4 is 5.32 Å². The molecule has 3 rings (SSSR count). The zero-order valence-corrected chi connectivity index (χ0v) is 13.0. The zero-order valence-electron chi connectivity index (χ0n) is 12.2. The Morgan fingerprint density at radius 3 is 2.71 bits per heavy atom. The molecule has 1 aromatic heterocycles. The summed E-state index contributed by atoms with van der Waals surface area (Å²) >= 11 is 5.99. The van der Waals surface area contributed by atoms with E-state index in [0.29, 0.717) is 11.0 Å². The summed E-state index contributed by atoms with van der Waals surface area (Å²) < 4.78 is 1.90. The highest BCUT2D eigenvalue weighted by Gasteiger charge is 2.21. The SMILES string of the molecule is Cn1c(NC(=O)C2CCCCCC2)nc2cc(Cl)ccc21. The maximum absolute atomic E-state index is 12.4. The van der Waals surface area contributed by atoms with Crippen molar-refractivity contribution in [2.75, 3.05) is 5.32 Å². The predicted octanol–water partition coefficient (Wildman–Crippen LogP) is 4.14. The topological polar surface area (TPSA) is 46.9 Å². The Kier molecular flexibility index (Phi) is 4.15. The van der Waals surface area contributed by atoms with Crippen LogP contribution in [0.3, 0.4) is 0 Å². The summed E-state index contributed by atoms with van der Waals surface area (Å²) in [5.74, 6) is 0.818. The molecule has 1 heterocycles. The smallest absolute Gasteiger partial charge is 0.229 e. The Morgan fingerprint density at radius 2 is 2.00 bits per heavy atom. The first-order valence-electron chi connectivity index (χ1n) is 7.58. The Bertz CT molecular complexity index is 657. The molecule has 0 atom stereocenters. The molecule has 1 saturated carbocycles. The molecule has 1 amide bonds. The molecule has 4 nitrogen and oxygen atoms in total. The summed E-state index contributed by atoms with van der Waals surface area (Å²) in [6, 6.07) is 5.58. The zero-order chi connectivity index (χ0) is 14.8. The number of fused-ring (bicyclic) bond motifs is 1. The van der Waals surface area contributed by atoms with Crippen LogP contribution in [0, 0.1) is 5.92 Å². The second-order valence-corrected chi connectivity index (χ2v) is 6.24. The van der Waals surface area contributed by atoms with Crippen molar-refractivity contribution < 1.29 is 4.79 Å². The number of halogens is 1. The van der Waals surface area contributed by atoms with Gasteiger partial charge in [0, 0.05) is 18.0 Å². The van der Waals surface area contributed by atoms with Crippen LogP contribution in [0.25, 0.3) is 11.0 Å². The maximum atomic E-state index is 12.4. The lowest BCUT2D eigenvalue weighted by Crippen LogP contribution is -2.23. The van der Waals surface area contributed by atoms with Gasteiger partial charge in [0.15, 0.2) is 0 Å². The van der Waals surface area contributed by atoms with E-state index in [9.17, 15) is 4.79 Å². The molecule has 0 spiro atoms. The van der Waals surface area contributed by atoms with Crippen LogP contribution >= 0.6 is 11.6 Å². The van der Waals surface area contributed by atoms with E-state index in [2.05, 4.69) is 10.3 Å². The molecule has 0 aliphatic heterocycles. The number of amides is 1. The molecule has 1 aliphatic rings. The van der Waals surface area contributed by atoms with Crippen LogP contribution in [-0.4, -0.2) is 15.5 Å². The maximum Gasteiger partial charge on any atom is 0.229 e. The Balaban J connectivity index is 1.80. The average molecular weight is 306 g/mol. The summed E-state index contributed by atoms with van der Waals surface area (Å²) in [6.07, 6.45) is 6.76. The third kappa shape index (κ3) is 3.05. The molecule has 0 bridgehead atoms. The number of imidazole rings is 1. The number of nitrogens with zero attached hydrogens (tertiary/aromatic N) is 2. The van der Waals surface area contributed by atoms with Crippen molar-refractivity contribution in [3.8, 4) is 0 Å². The number of benzene rings is 1. The molecule has 0 unspecified atom stereocenters. The highest BCUT2D eigenvalue weighted by Crippen LogP contribution is 2.26. The Labute approximate surface area is 129 Å². The first-order valence-corrected chi connectivity index (χ1v) is 7.96. The molecule has 1 N–H and O–H groups in total. The summed E-state index contributed by atoms with van der Waals surface area (Å²) in [5.41, 5.74) is 1.77. The fraction of sp³-hybridized carbons (Fsp3) is 0.500. The first kappa shape index (κ1) is 14.4. The van der Waals surface area contributed by atoms with Gasteiger partial charge in [-0.15, -0.1) is 0 Å². The normalized spacial score (nSPS) is 16.9. The molecule has 0 radical (unpaired) electrons. The molecule has 1 aliphatic carbocycles. The van der Waals surface area contributed by atoms with E-state index in [4.69, 9.17) is 11.6 Å². The second-order valence-electron chi connectivity index (χ2n) is 5.81. The van der Waals surface area contributed by atoms with Gasteiger partial charge >= 0.3 is 0 Å². The molecular formula is C16H20ClN3O. The van der Waals surface area contributed by atoms with E-state index < -0.39 is 0 Å². The average Bonchev–Trinajstić information content (AvgIpc) is 2.68. The van der Waals surface area contributed by atoms with Crippen molar-refractivity contribution in [1.29, 1.82) is 0 Å². The first-order chi connectivity index (χ1) is 10.1. The van der Waals surface area contributed by atoms with Gasteiger partial charge in [0.05, 0.1) is 11.0 Å². The van der Waals surface area contributed by atoms with Gasteiger partial charge in [-0.25, -0.2) is 4.98 Å². The number of carbonyl (C=O) groups is 1.